The Morgan fingerprint density at radius 1 is 1.44 bits per heavy atom. The van der Waals surface area contributed by atoms with E-state index in [9.17, 15) is 4.21 Å². The van der Waals surface area contributed by atoms with Crippen LogP contribution in [0.3, 0.4) is 0 Å². The zero-order chi connectivity index (χ0) is 13.2. The molecular formula is C14H21NO2S. The fourth-order valence-corrected chi connectivity index (χ4v) is 2.11. The molecule has 1 unspecified atom stereocenters. The van der Waals surface area contributed by atoms with Crippen molar-refractivity contribution in [1.29, 1.82) is 0 Å². The molecule has 18 heavy (non-hydrogen) atoms. The quantitative estimate of drug-likeness (QED) is 0.550. The summed E-state index contributed by atoms with van der Waals surface area (Å²) in [5.41, 5.74) is 1.14. The van der Waals surface area contributed by atoms with Crippen molar-refractivity contribution in [3.63, 3.8) is 0 Å². The van der Waals surface area contributed by atoms with Crippen LogP contribution in [0, 0.1) is 0 Å². The minimum absolute atomic E-state index is 0.520. The molecule has 100 valence electrons. The van der Waals surface area contributed by atoms with Gasteiger partial charge in [-0.1, -0.05) is 30.9 Å². The largest absolute Gasteiger partial charge is 0.489 e. The van der Waals surface area contributed by atoms with E-state index in [1.165, 1.54) is 0 Å². The number of para-hydroxylation sites is 1. The molecule has 3 nitrogen and oxygen atoms in total. The van der Waals surface area contributed by atoms with Gasteiger partial charge in [0.05, 0.1) is 0 Å². The molecule has 1 N–H and O–H groups in total. The summed E-state index contributed by atoms with van der Waals surface area (Å²) < 4.78 is 16.5. The molecular weight excluding hydrogens is 246 g/mol. The predicted molar refractivity (Wildman–Crippen MR) is 77.4 cm³/mol. The Bertz CT molecular complexity index is 393. The SMILES string of the molecule is C=CCOc1ccccc1CNCCCS(C)=O. The van der Waals surface area contributed by atoms with Crippen LogP contribution in [-0.2, 0) is 17.3 Å². The molecule has 0 saturated carbocycles. The maximum Gasteiger partial charge on any atom is 0.124 e. The zero-order valence-electron chi connectivity index (χ0n) is 10.9. The minimum Gasteiger partial charge on any atom is -0.489 e. The lowest BCUT2D eigenvalue weighted by molar-refractivity contribution is 0.358. The van der Waals surface area contributed by atoms with E-state index >= 15 is 0 Å². The van der Waals surface area contributed by atoms with Crippen molar-refractivity contribution in [2.24, 2.45) is 0 Å². The molecule has 0 heterocycles. The van der Waals surface area contributed by atoms with E-state index in [-0.39, 0.29) is 0 Å². The molecule has 0 fully saturated rings. The summed E-state index contributed by atoms with van der Waals surface area (Å²) in [4.78, 5) is 0. The van der Waals surface area contributed by atoms with Gasteiger partial charge in [-0.05, 0) is 19.0 Å². The van der Waals surface area contributed by atoms with Crippen LogP contribution in [0.15, 0.2) is 36.9 Å². The first-order valence-electron chi connectivity index (χ1n) is 6.06. The van der Waals surface area contributed by atoms with E-state index in [1.54, 1.807) is 12.3 Å². The molecule has 1 aromatic rings. The third-order valence-electron chi connectivity index (χ3n) is 2.43. The Kier molecular flexibility index (Phi) is 7.37. The lowest BCUT2D eigenvalue weighted by Gasteiger charge is -2.10. The van der Waals surface area contributed by atoms with Crippen molar-refractivity contribution in [3.05, 3.63) is 42.5 Å². The van der Waals surface area contributed by atoms with Crippen molar-refractivity contribution >= 4 is 10.8 Å². The van der Waals surface area contributed by atoms with Crippen LogP contribution >= 0.6 is 0 Å². The molecule has 1 atom stereocenters. The summed E-state index contributed by atoms with van der Waals surface area (Å²) in [6.45, 7) is 5.80. The van der Waals surface area contributed by atoms with E-state index in [4.69, 9.17) is 4.74 Å². The van der Waals surface area contributed by atoms with Crippen LogP contribution in [0.4, 0.5) is 0 Å². The highest BCUT2D eigenvalue weighted by atomic mass is 32.2. The lowest BCUT2D eigenvalue weighted by atomic mass is 10.2. The summed E-state index contributed by atoms with van der Waals surface area (Å²) in [6, 6.07) is 7.96. The number of nitrogens with one attached hydrogen (secondary N) is 1. The van der Waals surface area contributed by atoms with Gasteiger partial charge < -0.3 is 10.1 Å². The van der Waals surface area contributed by atoms with Crippen LogP contribution in [-0.4, -0.2) is 29.4 Å². The second-order valence-corrected chi connectivity index (χ2v) is 5.57. The van der Waals surface area contributed by atoms with Crippen LogP contribution in [0.1, 0.15) is 12.0 Å². The number of hydrogen-bond donors (Lipinski definition) is 1. The molecule has 4 heteroatoms. The van der Waals surface area contributed by atoms with E-state index in [0.717, 1.165) is 36.6 Å². The van der Waals surface area contributed by atoms with E-state index in [1.807, 2.05) is 24.3 Å². The van der Waals surface area contributed by atoms with Crippen LogP contribution in [0.5, 0.6) is 5.75 Å². The van der Waals surface area contributed by atoms with Gasteiger partial charge in [-0.15, -0.1) is 0 Å². The Morgan fingerprint density at radius 3 is 2.94 bits per heavy atom. The fourth-order valence-electron chi connectivity index (χ4n) is 1.56. The molecule has 0 aliphatic heterocycles. The second-order valence-electron chi connectivity index (χ2n) is 4.02. The number of ether oxygens (including phenoxy) is 1. The number of benzene rings is 1. The van der Waals surface area contributed by atoms with E-state index < -0.39 is 10.8 Å². The smallest absolute Gasteiger partial charge is 0.124 e. The average Bonchev–Trinajstić information content (AvgIpc) is 2.36. The molecule has 0 aliphatic rings. The maximum absolute atomic E-state index is 10.9. The van der Waals surface area contributed by atoms with Gasteiger partial charge in [-0.25, -0.2) is 0 Å². The van der Waals surface area contributed by atoms with Crippen LogP contribution in [0.25, 0.3) is 0 Å². The van der Waals surface area contributed by atoms with Gasteiger partial charge >= 0.3 is 0 Å². The molecule has 0 aliphatic carbocycles. The van der Waals surface area contributed by atoms with Crippen molar-refractivity contribution in [2.45, 2.75) is 13.0 Å². The maximum atomic E-state index is 10.9. The summed E-state index contributed by atoms with van der Waals surface area (Å²) in [7, 11) is -0.698. The molecule has 0 amide bonds. The van der Waals surface area contributed by atoms with Gasteiger partial charge in [0.25, 0.3) is 0 Å². The summed E-state index contributed by atoms with van der Waals surface area (Å²) >= 11 is 0. The van der Waals surface area contributed by atoms with Crippen LogP contribution in [0.2, 0.25) is 0 Å². The van der Waals surface area contributed by atoms with Crippen LogP contribution < -0.4 is 10.1 Å². The lowest BCUT2D eigenvalue weighted by Crippen LogP contribution is -2.17. The first-order chi connectivity index (χ1) is 8.74. The monoisotopic (exact) mass is 267 g/mol. The first kappa shape index (κ1) is 14.9. The van der Waals surface area contributed by atoms with Gasteiger partial charge in [-0.3, -0.25) is 4.21 Å². The Labute approximate surface area is 112 Å². The van der Waals surface area contributed by atoms with E-state index in [2.05, 4.69) is 11.9 Å². The zero-order valence-corrected chi connectivity index (χ0v) is 11.7. The molecule has 0 aromatic heterocycles. The fraction of sp³-hybridized carbons (Fsp3) is 0.429. The highest BCUT2D eigenvalue weighted by Crippen LogP contribution is 2.17. The highest BCUT2D eigenvalue weighted by molar-refractivity contribution is 7.84. The number of hydrogen-bond acceptors (Lipinski definition) is 3. The molecule has 0 saturated heterocycles. The van der Waals surface area contributed by atoms with Gasteiger partial charge in [0.15, 0.2) is 0 Å². The van der Waals surface area contributed by atoms with Gasteiger partial charge in [0.1, 0.15) is 12.4 Å². The average molecular weight is 267 g/mol. The molecule has 1 rings (SSSR count). The highest BCUT2D eigenvalue weighted by Gasteiger charge is 2.01. The van der Waals surface area contributed by atoms with Gasteiger partial charge in [0, 0.05) is 34.9 Å². The van der Waals surface area contributed by atoms with Crippen molar-refractivity contribution < 1.29 is 8.95 Å². The second kappa shape index (κ2) is 8.89. The molecule has 0 spiro atoms. The topological polar surface area (TPSA) is 38.3 Å². The summed E-state index contributed by atoms with van der Waals surface area (Å²) in [6.07, 6.45) is 4.40. The third kappa shape index (κ3) is 5.98. The minimum atomic E-state index is -0.698. The Hall–Kier alpha value is -1.13. The summed E-state index contributed by atoms with van der Waals surface area (Å²) in [5, 5.41) is 3.33. The Balaban J connectivity index is 2.36. The van der Waals surface area contributed by atoms with Crippen molar-refractivity contribution in [3.8, 4) is 5.75 Å². The van der Waals surface area contributed by atoms with Crippen molar-refractivity contribution in [1.82, 2.24) is 5.32 Å². The molecule has 0 bridgehead atoms. The van der Waals surface area contributed by atoms with Gasteiger partial charge in [0.2, 0.25) is 0 Å². The normalized spacial score (nSPS) is 12.1. The summed E-state index contributed by atoms with van der Waals surface area (Å²) in [5.74, 6) is 1.64. The van der Waals surface area contributed by atoms with E-state index in [0.29, 0.717) is 6.61 Å². The standard InChI is InChI=1S/C14H21NO2S/c1-3-10-17-14-8-5-4-7-13(14)12-15-9-6-11-18(2)16/h3-5,7-8,15H,1,6,9-12H2,2H3. The predicted octanol–water partition coefficient (Wildman–Crippen LogP) is 2.11. The Morgan fingerprint density at radius 2 is 2.22 bits per heavy atom. The van der Waals surface area contributed by atoms with Gasteiger partial charge in [-0.2, -0.15) is 0 Å². The van der Waals surface area contributed by atoms with Crippen molar-refractivity contribution in [2.75, 3.05) is 25.2 Å². The first-order valence-corrected chi connectivity index (χ1v) is 7.79. The molecule has 1 aromatic carbocycles. The molecule has 0 radical (unpaired) electrons. The number of rotatable bonds is 9. The third-order valence-corrected chi connectivity index (χ3v) is 3.29.